The van der Waals surface area contributed by atoms with Crippen LogP contribution >= 0.6 is 31.9 Å². The van der Waals surface area contributed by atoms with E-state index in [0.29, 0.717) is 6.04 Å². The highest BCUT2D eigenvalue weighted by molar-refractivity contribution is 9.11. The van der Waals surface area contributed by atoms with Gasteiger partial charge in [0, 0.05) is 10.0 Å². The van der Waals surface area contributed by atoms with Crippen molar-refractivity contribution >= 4 is 31.9 Å². The van der Waals surface area contributed by atoms with Gasteiger partial charge < -0.3 is 10.1 Å². The van der Waals surface area contributed by atoms with Crippen LogP contribution in [0, 0.1) is 0 Å². The van der Waals surface area contributed by atoms with Gasteiger partial charge in [-0.1, -0.05) is 22.9 Å². The summed E-state index contributed by atoms with van der Waals surface area (Å²) in [5.74, 6) is 0.979. The first kappa shape index (κ1) is 11.4. The number of halogens is 2. The lowest BCUT2D eigenvalue weighted by molar-refractivity contribution is 0.310. The van der Waals surface area contributed by atoms with Gasteiger partial charge in [0.15, 0.2) is 0 Å². The molecule has 0 bridgehead atoms. The van der Waals surface area contributed by atoms with Crippen molar-refractivity contribution < 1.29 is 4.74 Å². The molecular formula is C11H13Br2NO. The zero-order valence-electron chi connectivity index (χ0n) is 8.52. The molecule has 1 aromatic carbocycles. The van der Waals surface area contributed by atoms with Crippen molar-refractivity contribution in [1.82, 2.24) is 5.32 Å². The first-order chi connectivity index (χ1) is 7.22. The van der Waals surface area contributed by atoms with E-state index in [1.165, 1.54) is 5.56 Å². The number of hydrogen-bond acceptors (Lipinski definition) is 2. The molecule has 1 aromatic rings. The van der Waals surface area contributed by atoms with Crippen molar-refractivity contribution in [2.45, 2.75) is 19.4 Å². The van der Waals surface area contributed by atoms with Crippen molar-refractivity contribution in [3.8, 4) is 5.75 Å². The zero-order chi connectivity index (χ0) is 10.8. The van der Waals surface area contributed by atoms with Gasteiger partial charge in [0.25, 0.3) is 0 Å². The van der Waals surface area contributed by atoms with Crippen LogP contribution in [-0.4, -0.2) is 13.2 Å². The number of ether oxygens (including phenoxy) is 1. The summed E-state index contributed by atoms with van der Waals surface area (Å²) in [7, 11) is 0. The third-order valence-corrected chi connectivity index (χ3v) is 3.49. The first-order valence-corrected chi connectivity index (χ1v) is 6.66. The molecule has 0 amide bonds. The van der Waals surface area contributed by atoms with Gasteiger partial charge in [-0.15, -0.1) is 0 Å². The van der Waals surface area contributed by atoms with Crippen LogP contribution in [0.25, 0.3) is 0 Å². The van der Waals surface area contributed by atoms with Crippen molar-refractivity contribution in [3.05, 3.63) is 26.6 Å². The van der Waals surface area contributed by atoms with Crippen molar-refractivity contribution in [2.75, 3.05) is 13.2 Å². The smallest absolute Gasteiger partial charge is 0.138 e. The van der Waals surface area contributed by atoms with E-state index in [9.17, 15) is 0 Å². The fourth-order valence-corrected chi connectivity index (χ4v) is 3.11. The topological polar surface area (TPSA) is 21.3 Å². The molecule has 1 aliphatic heterocycles. The molecule has 4 heteroatoms. The summed E-state index contributed by atoms with van der Waals surface area (Å²) in [6, 6.07) is 4.47. The second-order valence-electron chi connectivity index (χ2n) is 3.62. The lowest BCUT2D eigenvalue weighted by atomic mass is 10.1. The molecule has 0 radical (unpaired) electrons. The Labute approximate surface area is 107 Å². The van der Waals surface area contributed by atoms with Crippen molar-refractivity contribution in [1.29, 1.82) is 0 Å². The Morgan fingerprint density at radius 1 is 1.47 bits per heavy atom. The first-order valence-electron chi connectivity index (χ1n) is 5.07. The van der Waals surface area contributed by atoms with Crippen LogP contribution in [0.2, 0.25) is 0 Å². The highest BCUT2D eigenvalue weighted by Crippen LogP contribution is 2.40. The fourth-order valence-electron chi connectivity index (χ4n) is 1.74. The number of benzene rings is 1. The van der Waals surface area contributed by atoms with E-state index in [4.69, 9.17) is 4.74 Å². The standard InChI is InChI=1S/C11H13Br2NO/c1-2-3-14-10-6-15-11-8(10)4-7(12)5-9(11)13/h4-5,10,14H,2-3,6H2,1H3. The minimum Gasteiger partial charge on any atom is -0.490 e. The minimum atomic E-state index is 0.328. The quantitative estimate of drug-likeness (QED) is 0.911. The third kappa shape index (κ3) is 2.37. The van der Waals surface area contributed by atoms with Crippen LogP contribution in [0.4, 0.5) is 0 Å². The highest BCUT2D eigenvalue weighted by atomic mass is 79.9. The predicted octanol–water partition coefficient (Wildman–Crippen LogP) is 3.64. The maximum Gasteiger partial charge on any atom is 0.138 e. The summed E-state index contributed by atoms with van der Waals surface area (Å²) in [5.41, 5.74) is 1.24. The van der Waals surface area contributed by atoms with Crippen molar-refractivity contribution in [2.24, 2.45) is 0 Å². The highest BCUT2D eigenvalue weighted by Gasteiger charge is 2.25. The van der Waals surface area contributed by atoms with Crippen LogP contribution in [0.3, 0.4) is 0 Å². The van der Waals surface area contributed by atoms with Crippen LogP contribution < -0.4 is 10.1 Å². The van der Waals surface area contributed by atoms with Crippen molar-refractivity contribution in [3.63, 3.8) is 0 Å². The lowest BCUT2D eigenvalue weighted by Gasteiger charge is -2.10. The van der Waals surface area contributed by atoms with Gasteiger partial charge in [-0.3, -0.25) is 0 Å². The Balaban J connectivity index is 2.25. The molecular weight excluding hydrogens is 322 g/mol. The molecule has 0 spiro atoms. The van der Waals surface area contributed by atoms with Gasteiger partial charge in [-0.05, 0) is 41.0 Å². The van der Waals surface area contributed by atoms with E-state index in [-0.39, 0.29) is 0 Å². The maximum atomic E-state index is 5.66. The van der Waals surface area contributed by atoms with Gasteiger partial charge in [0.05, 0.1) is 10.5 Å². The largest absolute Gasteiger partial charge is 0.490 e. The summed E-state index contributed by atoms with van der Waals surface area (Å²) in [6.45, 7) is 3.92. The van der Waals surface area contributed by atoms with E-state index in [2.05, 4.69) is 50.2 Å². The van der Waals surface area contributed by atoms with E-state index >= 15 is 0 Å². The average Bonchev–Trinajstić information content (AvgIpc) is 2.58. The number of fused-ring (bicyclic) bond motifs is 1. The summed E-state index contributed by atoms with van der Waals surface area (Å²) < 4.78 is 7.77. The number of rotatable bonds is 3. The molecule has 1 unspecified atom stereocenters. The van der Waals surface area contributed by atoms with Gasteiger partial charge in [-0.2, -0.15) is 0 Å². The van der Waals surface area contributed by atoms with Crippen LogP contribution in [-0.2, 0) is 0 Å². The van der Waals surface area contributed by atoms with E-state index < -0.39 is 0 Å². The van der Waals surface area contributed by atoms with Gasteiger partial charge in [0.1, 0.15) is 12.4 Å². The Hall–Kier alpha value is -0.0600. The molecule has 82 valence electrons. The molecule has 0 saturated carbocycles. The fraction of sp³-hybridized carbons (Fsp3) is 0.455. The second-order valence-corrected chi connectivity index (χ2v) is 5.39. The van der Waals surface area contributed by atoms with Crippen LogP contribution in [0.15, 0.2) is 21.1 Å². The average molecular weight is 335 g/mol. The SMILES string of the molecule is CCCNC1COc2c(Br)cc(Br)cc21. The molecule has 1 N–H and O–H groups in total. The molecule has 0 aromatic heterocycles. The van der Waals surface area contributed by atoms with E-state index in [0.717, 1.165) is 34.3 Å². The maximum absolute atomic E-state index is 5.66. The Kier molecular flexibility index (Phi) is 3.69. The van der Waals surface area contributed by atoms with Gasteiger partial charge in [-0.25, -0.2) is 0 Å². The Morgan fingerprint density at radius 2 is 2.27 bits per heavy atom. The molecule has 1 atom stereocenters. The van der Waals surface area contributed by atoms with Crippen LogP contribution in [0.5, 0.6) is 5.75 Å². The van der Waals surface area contributed by atoms with Gasteiger partial charge >= 0.3 is 0 Å². The molecule has 1 aliphatic rings. The van der Waals surface area contributed by atoms with Crippen LogP contribution in [0.1, 0.15) is 24.9 Å². The predicted molar refractivity (Wildman–Crippen MR) is 68.4 cm³/mol. The molecule has 1 heterocycles. The Bertz CT molecular complexity index is 368. The normalized spacial score (nSPS) is 18.7. The molecule has 2 nitrogen and oxygen atoms in total. The molecule has 0 saturated heterocycles. The van der Waals surface area contributed by atoms with E-state index in [1.807, 2.05) is 6.07 Å². The summed E-state index contributed by atoms with van der Waals surface area (Å²) >= 11 is 7.01. The second kappa shape index (κ2) is 4.85. The number of hydrogen-bond donors (Lipinski definition) is 1. The minimum absolute atomic E-state index is 0.328. The Morgan fingerprint density at radius 3 is 3.00 bits per heavy atom. The summed E-state index contributed by atoms with van der Waals surface area (Å²) in [5, 5.41) is 3.48. The number of nitrogens with one attached hydrogen (secondary N) is 1. The summed E-state index contributed by atoms with van der Waals surface area (Å²) in [4.78, 5) is 0. The molecule has 0 aliphatic carbocycles. The molecule has 2 rings (SSSR count). The van der Waals surface area contributed by atoms with Gasteiger partial charge in [0.2, 0.25) is 0 Å². The lowest BCUT2D eigenvalue weighted by Crippen LogP contribution is -2.23. The molecule has 15 heavy (non-hydrogen) atoms. The summed E-state index contributed by atoms with van der Waals surface area (Å²) in [6.07, 6.45) is 1.14. The van der Waals surface area contributed by atoms with E-state index in [1.54, 1.807) is 0 Å². The monoisotopic (exact) mass is 333 g/mol. The zero-order valence-corrected chi connectivity index (χ0v) is 11.7. The molecule has 0 fully saturated rings. The third-order valence-electron chi connectivity index (χ3n) is 2.45.